The van der Waals surface area contributed by atoms with Crippen LogP contribution in [0.15, 0.2) is 41.8 Å². The molecule has 0 aliphatic heterocycles. The summed E-state index contributed by atoms with van der Waals surface area (Å²) in [5.41, 5.74) is 0. The Balaban J connectivity index is 2.17. The zero-order valence-electron chi connectivity index (χ0n) is 8.68. The van der Waals surface area contributed by atoms with Crippen LogP contribution in [0.1, 0.15) is 11.8 Å². The Morgan fingerprint density at radius 1 is 1.53 bits per heavy atom. The number of carbonyl (C=O) groups is 1. The highest BCUT2D eigenvalue weighted by atomic mass is 32.1. The van der Waals surface area contributed by atoms with Crippen molar-refractivity contribution in [2.75, 3.05) is 6.61 Å². The van der Waals surface area contributed by atoms with Gasteiger partial charge in [0, 0.05) is 17.4 Å². The Morgan fingerprint density at radius 2 is 2.40 bits per heavy atom. The first kappa shape index (κ1) is 11.7. The average molecular weight is 222 g/mol. The summed E-state index contributed by atoms with van der Waals surface area (Å²) in [6.45, 7) is 2.34. The maximum atomic E-state index is 11.1. The van der Waals surface area contributed by atoms with Gasteiger partial charge in [-0.3, -0.25) is 0 Å². The van der Waals surface area contributed by atoms with Gasteiger partial charge in [-0.1, -0.05) is 24.3 Å². The van der Waals surface area contributed by atoms with E-state index in [1.165, 1.54) is 11.0 Å². The van der Waals surface area contributed by atoms with Crippen LogP contribution in [0.25, 0.3) is 0 Å². The molecule has 0 amide bonds. The van der Waals surface area contributed by atoms with Gasteiger partial charge in [0.25, 0.3) is 0 Å². The third-order valence-corrected chi connectivity index (χ3v) is 2.64. The van der Waals surface area contributed by atoms with E-state index in [9.17, 15) is 4.79 Å². The van der Waals surface area contributed by atoms with Crippen molar-refractivity contribution in [1.29, 1.82) is 0 Å². The van der Waals surface area contributed by atoms with Crippen LogP contribution in [0.4, 0.5) is 0 Å². The highest BCUT2D eigenvalue weighted by Crippen LogP contribution is 2.08. The minimum Gasteiger partial charge on any atom is -0.462 e. The topological polar surface area (TPSA) is 26.3 Å². The van der Waals surface area contributed by atoms with Crippen LogP contribution in [0.3, 0.4) is 0 Å². The first-order chi connectivity index (χ1) is 7.33. The molecule has 1 aromatic rings. The van der Waals surface area contributed by atoms with Gasteiger partial charge in [-0.25, -0.2) is 4.79 Å². The van der Waals surface area contributed by atoms with Crippen LogP contribution in [0.2, 0.25) is 0 Å². The predicted molar refractivity (Wildman–Crippen MR) is 62.9 cm³/mol. The lowest BCUT2D eigenvalue weighted by molar-refractivity contribution is -0.137. The van der Waals surface area contributed by atoms with Crippen molar-refractivity contribution in [3.8, 4) is 0 Å². The summed E-state index contributed by atoms with van der Waals surface area (Å²) in [6.07, 6.45) is 7.54. The molecular weight excluding hydrogens is 208 g/mol. The third-order valence-electron chi connectivity index (χ3n) is 1.71. The molecule has 1 heterocycles. The monoisotopic (exact) mass is 222 g/mol. The average Bonchev–Trinajstić information content (AvgIpc) is 2.71. The van der Waals surface area contributed by atoms with Gasteiger partial charge in [0.05, 0.1) is 6.61 Å². The summed E-state index contributed by atoms with van der Waals surface area (Å²) in [7, 11) is 0. The van der Waals surface area contributed by atoms with Crippen molar-refractivity contribution < 1.29 is 9.53 Å². The van der Waals surface area contributed by atoms with E-state index >= 15 is 0 Å². The first-order valence-corrected chi connectivity index (χ1v) is 5.69. The molecule has 0 aromatic carbocycles. The maximum absolute atomic E-state index is 11.1. The minimum absolute atomic E-state index is 0.287. The van der Waals surface area contributed by atoms with Crippen LogP contribution in [-0.4, -0.2) is 12.6 Å². The van der Waals surface area contributed by atoms with Crippen LogP contribution >= 0.6 is 11.3 Å². The van der Waals surface area contributed by atoms with Crippen molar-refractivity contribution >= 4 is 17.3 Å². The molecular formula is C12H14O2S. The van der Waals surface area contributed by atoms with Gasteiger partial charge in [-0.2, -0.15) is 0 Å². The lowest BCUT2D eigenvalue weighted by Crippen LogP contribution is -2.03. The van der Waals surface area contributed by atoms with Gasteiger partial charge in [-0.15, -0.1) is 11.3 Å². The molecule has 0 bridgehead atoms. The summed E-state index contributed by atoms with van der Waals surface area (Å²) in [6, 6.07) is 4.03. The molecule has 2 nitrogen and oxygen atoms in total. The summed E-state index contributed by atoms with van der Waals surface area (Å²) >= 11 is 1.68. The van der Waals surface area contributed by atoms with Gasteiger partial charge in [-0.05, 0) is 18.4 Å². The van der Waals surface area contributed by atoms with Gasteiger partial charge >= 0.3 is 5.97 Å². The van der Waals surface area contributed by atoms with E-state index in [1.54, 1.807) is 23.5 Å². The molecule has 0 radical (unpaired) electrons. The van der Waals surface area contributed by atoms with Crippen LogP contribution < -0.4 is 0 Å². The molecule has 1 aromatic heterocycles. The minimum atomic E-state index is -0.287. The first-order valence-electron chi connectivity index (χ1n) is 4.81. The zero-order chi connectivity index (χ0) is 10.9. The summed E-state index contributed by atoms with van der Waals surface area (Å²) in [5.74, 6) is -0.287. The number of thiophene rings is 1. The standard InChI is InChI=1S/C12H14O2S/c1-2-3-4-7-12(13)14-9-8-11-6-5-10-15-11/h2-7,10H,8-9H2,1H3. The number of carbonyl (C=O) groups excluding carboxylic acids is 1. The number of hydrogen-bond donors (Lipinski definition) is 0. The third kappa shape index (κ3) is 5.18. The normalized spacial score (nSPS) is 11.3. The Morgan fingerprint density at radius 3 is 3.07 bits per heavy atom. The number of ether oxygens (including phenoxy) is 1. The van der Waals surface area contributed by atoms with Crippen molar-refractivity contribution in [1.82, 2.24) is 0 Å². The molecule has 0 unspecified atom stereocenters. The molecule has 0 spiro atoms. The second-order valence-electron chi connectivity index (χ2n) is 2.88. The molecule has 15 heavy (non-hydrogen) atoms. The molecule has 0 N–H and O–H groups in total. The molecule has 3 heteroatoms. The van der Waals surface area contributed by atoms with E-state index in [0.717, 1.165) is 6.42 Å². The lowest BCUT2D eigenvalue weighted by Gasteiger charge is -1.99. The van der Waals surface area contributed by atoms with E-state index in [4.69, 9.17) is 4.74 Å². The van der Waals surface area contributed by atoms with Crippen LogP contribution in [0, 0.1) is 0 Å². The Kier molecular flexibility index (Phi) is 5.48. The maximum Gasteiger partial charge on any atom is 0.330 e. The van der Waals surface area contributed by atoms with E-state index in [-0.39, 0.29) is 5.97 Å². The highest BCUT2D eigenvalue weighted by Gasteiger charge is 1.97. The lowest BCUT2D eigenvalue weighted by atomic mass is 10.4. The number of esters is 1. The molecule has 1 rings (SSSR count). The molecule has 0 fully saturated rings. The fourth-order valence-corrected chi connectivity index (χ4v) is 1.69. The fraction of sp³-hybridized carbons (Fsp3) is 0.250. The smallest absolute Gasteiger partial charge is 0.330 e. The van der Waals surface area contributed by atoms with Gasteiger partial charge in [0.2, 0.25) is 0 Å². The van der Waals surface area contributed by atoms with Crippen molar-refractivity contribution in [3.05, 3.63) is 46.7 Å². The summed E-state index contributed by atoms with van der Waals surface area (Å²) in [5, 5.41) is 2.02. The molecule has 0 saturated heterocycles. The second kappa shape index (κ2) is 7.01. The van der Waals surface area contributed by atoms with E-state index in [0.29, 0.717) is 6.61 Å². The molecule has 0 aliphatic carbocycles. The molecule has 0 atom stereocenters. The fourth-order valence-electron chi connectivity index (χ4n) is 1.00. The van der Waals surface area contributed by atoms with Crippen molar-refractivity contribution in [2.45, 2.75) is 13.3 Å². The van der Waals surface area contributed by atoms with Crippen molar-refractivity contribution in [3.63, 3.8) is 0 Å². The highest BCUT2D eigenvalue weighted by molar-refractivity contribution is 7.09. The molecule has 0 saturated carbocycles. The number of allylic oxidation sites excluding steroid dienone is 3. The Hall–Kier alpha value is -1.35. The van der Waals surface area contributed by atoms with E-state index < -0.39 is 0 Å². The van der Waals surface area contributed by atoms with Gasteiger partial charge in [0.1, 0.15) is 0 Å². The predicted octanol–water partition coefficient (Wildman–Crippen LogP) is 2.97. The number of hydrogen-bond acceptors (Lipinski definition) is 3. The summed E-state index contributed by atoms with van der Waals surface area (Å²) in [4.78, 5) is 12.3. The van der Waals surface area contributed by atoms with Gasteiger partial charge in [0.15, 0.2) is 0 Å². The van der Waals surface area contributed by atoms with Gasteiger partial charge < -0.3 is 4.74 Å². The quantitative estimate of drug-likeness (QED) is 0.435. The summed E-state index contributed by atoms with van der Waals surface area (Å²) < 4.78 is 5.01. The largest absolute Gasteiger partial charge is 0.462 e. The number of rotatable bonds is 5. The zero-order valence-corrected chi connectivity index (χ0v) is 9.50. The van der Waals surface area contributed by atoms with Crippen molar-refractivity contribution in [2.24, 2.45) is 0 Å². The molecule has 80 valence electrons. The second-order valence-corrected chi connectivity index (χ2v) is 3.91. The van der Waals surface area contributed by atoms with Crippen LogP contribution in [0.5, 0.6) is 0 Å². The molecule has 0 aliphatic rings. The van der Waals surface area contributed by atoms with Crippen LogP contribution in [-0.2, 0) is 16.0 Å². The Labute approximate surface area is 93.9 Å². The van der Waals surface area contributed by atoms with E-state index in [1.807, 2.05) is 30.5 Å². The Bertz CT molecular complexity index is 337. The SMILES string of the molecule is CC=CC=CC(=O)OCCc1cccs1. The van der Waals surface area contributed by atoms with E-state index in [2.05, 4.69) is 0 Å².